The van der Waals surface area contributed by atoms with Gasteiger partial charge in [-0.25, -0.2) is 9.97 Å². The highest BCUT2D eigenvalue weighted by Gasteiger charge is 2.33. The minimum atomic E-state index is -4.56. The Bertz CT molecular complexity index is 649. The van der Waals surface area contributed by atoms with E-state index in [0.717, 1.165) is 16.1 Å². The van der Waals surface area contributed by atoms with E-state index in [9.17, 15) is 13.2 Å². The number of nitrogens with zero attached hydrogens (tertiary/aromatic N) is 3. The summed E-state index contributed by atoms with van der Waals surface area (Å²) in [6.45, 7) is 0.393. The van der Waals surface area contributed by atoms with Crippen LogP contribution < -0.4 is 4.90 Å². The van der Waals surface area contributed by atoms with Crippen molar-refractivity contribution in [3.8, 4) is 0 Å². The van der Waals surface area contributed by atoms with Crippen molar-refractivity contribution < 1.29 is 13.2 Å². The molecule has 2 rings (SSSR count). The van der Waals surface area contributed by atoms with Gasteiger partial charge >= 0.3 is 6.18 Å². The van der Waals surface area contributed by atoms with E-state index in [1.165, 1.54) is 0 Å². The molecule has 112 valence electrons. The van der Waals surface area contributed by atoms with Crippen molar-refractivity contribution in [2.24, 2.45) is 0 Å². The monoisotopic (exact) mass is 379 g/mol. The first kappa shape index (κ1) is 16.0. The lowest BCUT2D eigenvalue weighted by molar-refractivity contribution is -0.141. The van der Waals surface area contributed by atoms with Crippen LogP contribution in [0.3, 0.4) is 0 Å². The highest BCUT2D eigenvalue weighted by Crippen LogP contribution is 2.30. The average molecular weight is 381 g/mol. The van der Waals surface area contributed by atoms with E-state index >= 15 is 0 Å². The van der Waals surface area contributed by atoms with Crippen LogP contribution in [-0.2, 0) is 12.7 Å². The van der Waals surface area contributed by atoms with Crippen molar-refractivity contribution in [1.29, 1.82) is 0 Å². The molecule has 0 saturated heterocycles. The molecule has 0 amide bonds. The van der Waals surface area contributed by atoms with Crippen LogP contribution in [0.25, 0.3) is 0 Å². The first-order chi connectivity index (χ1) is 9.75. The minimum absolute atomic E-state index is 0.113. The third-order valence-corrected chi connectivity index (χ3v) is 3.34. The van der Waals surface area contributed by atoms with Gasteiger partial charge in [-0.15, -0.1) is 0 Å². The molecule has 0 radical (unpaired) electrons. The summed E-state index contributed by atoms with van der Waals surface area (Å²) in [5.74, 6) is 0.113. The lowest BCUT2D eigenvalue weighted by Gasteiger charge is -2.19. The predicted octanol–water partition coefficient (Wildman–Crippen LogP) is 4.55. The quantitative estimate of drug-likeness (QED) is 0.732. The van der Waals surface area contributed by atoms with Crippen molar-refractivity contribution in [3.63, 3.8) is 0 Å². The molecule has 0 bridgehead atoms. The van der Waals surface area contributed by atoms with Crippen molar-refractivity contribution >= 4 is 33.3 Å². The van der Waals surface area contributed by atoms with Crippen molar-refractivity contribution in [1.82, 2.24) is 9.97 Å². The van der Waals surface area contributed by atoms with Crippen molar-refractivity contribution in [3.05, 3.63) is 51.3 Å². The second kappa shape index (κ2) is 6.19. The largest absolute Gasteiger partial charge is 0.433 e. The maximum absolute atomic E-state index is 12.7. The molecule has 0 aliphatic rings. The number of hydrogen-bond acceptors (Lipinski definition) is 3. The number of anilines is 1. The Kier molecular flexibility index (Phi) is 4.73. The molecular formula is C13H10BrClF3N3. The molecule has 8 heteroatoms. The fourth-order valence-electron chi connectivity index (χ4n) is 1.74. The third-order valence-electron chi connectivity index (χ3n) is 2.68. The van der Waals surface area contributed by atoms with Crippen LogP contribution in [0, 0.1) is 0 Å². The van der Waals surface area contributed by atoms with E-state index in [4.69, 9.17) is 11.6 Å². The van der Waals surface area contributed by atoms with E-state index in [1.807, 2.05) is 24.3 Å². The van der Waals surface area contributed by atoms with Gasteiger partial charge in [0.05, 0.1) is 0 Å². The number of benzene rings is 1. The highest BCUT2D eigenvalue weighted by molar-refractivity contribution is 9.10. The number of halogens is 5. The van der Waals surface area contributed by atoms with Crippen LogP contribution in [0.5, 0.6) is 0 Å². The van der Waals surface area contributed by atoms with Gasteiger partial charge < -0.3 is 4.90 Å². The zero-order valence-electron chi connectivity index (χ0n) is 10.8. The Balaban J connectivity index is 2.27. The maximum Gasteiger partial charge on any atom is 0.433 e. The topological polar surface area (TPSA) is 29.0 Å². The number of rotatable bonds is 3. The molecule has 21 heavy (non-hydrogen) atoms. The van der Waals surface area contributed by atoms with Gasteiger partial charge in [-0.3, -0.25) is 0 Å². The Morgan fingerprint density at radius 2 is 1.95 bits per heavy atom. The molecule has 0 fully saturated rings. The second-order valence-electron chi connectivity index (χ2n) is 4.36. The highest BCUT2D eigenvalue weighted by atomic mass is 79.9. The van der Waals surface area contributed by atoms with E-state index in [-0.39, 0.29) is 5.82 Å². The van der Waals surface area contributed by atoms with Crippen LogP contribution >= 0.6 is 27.5 Å². The van der Waals surface area contributed by atoms with Gasteiger partial charge in [0.2, 0.25) is 5.28 Å². The summed E-state index contributed by atoms with van der Waals surface area (Å²) in [6, 6.07) is 8.34. The normalized spacial score (nSPS) is 11.5. The predicted molar refractivity (Wildman–Crippen MR) is 78.3 cm³/mol. The molecule has 0 spiro atoms. The van der Waals surface area contributed by atoms with Gasteiger partial charge in [-0.05, 0) is 29.3 Å². The molecule has 0 aliphatic carbocycles. The molecular weight excluding hydrogens is 371 g/mol. The lowest BCUT2D eigenvalue weighted by atomic mass is 10.2. The van der Waals surface area contributed by atoms with E-state index in [1.54, 1.807) is 11.9 Å². The molecule has 1 heterocycles. The zero-order chi connectivity index (χ0) is 15.6. The molecule has 2 aromatic rings. The Morgan fingerprint density at radius 1 is 1.24 bits per heavy atom. The molecule has 0 saturated carbocycles. The zero-order valence-corrected chi connectivity index (χ0v) is 13.2. The van der Waals surface area contributed by atoms with Gasteiger partial charge in [0, 0.05) is 24.1 Å². The second-order valence-corrected chi connectivity index (χ2v) is 5.62. The number of hydrogen-bond donors (Lipinski definition) is 0. The SMILES string of the molecule is CN(Cc1cccc(Br)c1)c1cc(C(F)(F)F)nc(Cl)n1. The number of aromatic nitrogens is 2. The standard InChI is InChI=1S/C13H10BrClF3N3/c1-21(7-8-3-2-4-9(14)5-8)11-6-10(13(16,17)18)19-12(15)20-11/h2-6H,7H2,1H3. The summed E-state index contributed by atoms with van der Waals surface area (Å²) >= 11 is 8.92. The van der Waals surface area contributed by atoms with Gasteiger partial charge in [-0.1, -0.05) is 28.1 Å². The first-order valence-electron chi connectivity index (χ1n) is 5.83. The summed E-state index contributed by atoms with van der Waals surface area (Å²) < 4.78 is 39.0. The van der Waals surface area contributed by atoms with Gasteiger partial charge in [-0.2, -0.15) is 13.2 Å². The van der Waals surface area contributed by atoms with Crippen LogP contribution in [-0.4, -0.2) is 17.0 Å². The van der Waals surface area contributed by atoms with Gasteiger partial charge in [0.25, 0.3) is 0 Å². The average Bonchev–Trinajstić information content (AvgIpc) is 2.37. The van der Waals surface area contributed by atoms with Crippen molar-refractivity contribution in [2.45, 2.75) is 12.7 Å². The first-order valence-corrected chi connectivity index (χ1v) is 7.00. The third kappa shape index (κ3) is 4.31. The van der Waals surface area contributed by atoms with Crippen LogP contribution in [0.4, 0.5) is 19.0 Å². The fraction of sp³-hybridized carbons (Fsp3) is 0.231. The molecule has 3 nitrogen and oxygen atoms in total. The smallest absolute Gasteiger partial charge is 0.355 e. The van der Waals surface area contributed by atoms with E-state index in [2.05, 4.69) is 25.9 Å². The summed E-state index contributed by atoms with van der Waals surface area (Å²) in [5, 5.41) is -0.430. The van der Waals surface area contributed by atoms with Crippen LogP contribution in [0.1, 0.15) is 11.3 Å². The fourth-order valence-corrected chi connectivity index (χ4v) is 2.36. The summed E-state index contributed by atoms with van der Waals surface area (Å²) in [4.78, 5) is 8.61. The van der Waals surface area contributed by atoms with Crippen molar-refractivity contribution in [2.75, 3.05) is 11.9 Å². The summed E-state index contributed by atoms with van der Waals surface area (Å²) in [7, 11) is 1.64. The Hall–Kier alpha value is -1.34. The van der Waals surface area contributed by atoms with Crippen LogP contribution in [0.15, 0.2) is 34.8 Å². The number of alkyl halides is 3. The Morgan fingerprint density at radius 3 is 2.57 bits per heavy atom. The molecule has 0 unspecified atom stereocenters. The van der Waals surface area contributed by atoms with Gasteiger partial charge in [0.1, 0.15) is 5.82 Å². The molecule has 0 atom stereocenters. The van der Waals surface area contributed by atoms with E-state index < -0.39 is 17.2 Å². The maximum atomic E-state index is 12.7. The lowest BCUT2D eigenvalue weighted by Crippen LogP contribution is -2.19. The summed E-state index contributed by atoms with van der Waals surface area (Å²) in [6.07, 6.45) is -4.56. The minimum Gasteiger partial charge on any atom is -0.355 e. The van der Waals surface area contributed by atoms with E-state index in [0.29, 0.717) is 6.54 Å². The molecule has 1 aromatic carbocycles. The van der Waals surface area contributed by atoms with Crippen LogP contribution in [0.2, 0.25) is 5.28 Å². The van der Waals surface area contributed by atoms with Gasteiger partial charge in [0.15, 0.2) is 5.69 Å². The summed E-state index contributed by atoms with van der Waals surface area (Å²) in [5.41, 5.74) is -0.131. The molecule has 0 aliphatic heterocycles. The molecule has 0 N–H and O–H groups in total. The Labute approximate surface area is 132 Å². The molecule has 1 aromatic heterocycles.